The molecule has 0 aliphatic carbocycles. The van der Waals surface area contributed by atoms with E-state index in [1.807, 2.05) is 19.9 Å². The summed E-state index contributed by atoms with van der Waals surface area (Å²) in [6, 6.07) is 1.83. The van der Waals surface area contributed by atoms with Gasteiger partial charge in [0.2, 0.25) is 0 Å². The molecular weight excluding hydrogens is 215 g/mol. The quantitative estimate of drug-likeness (QED) is 0.414. The van der Waals surface area contributed by atoms with E-state index in [0.29, 0.717) is 0 Å². The summed E-state index contributed by atoms with van der Waals surface area (Å²) >= 11 is 0. The molecule has 0 amide bonds. The molecule has 0 unspecified atom stereocenters. The second kappa shape index (κ2) is 6.37. The number of nitrogens with zero attached hydrogens (tertiary/aromatic N) is 2. The maximum atomic E-state index is 9.93. The third kappa shape index (κ3) is 4.42. The van der Waals surface area contributed by atoms with Crippen LogP contribution in [0.25, 0.3) is 0 Å². The van der Waals surface area contributed by atoms with Crippen LogP contribution < -0.4 is 0 Å². The van der Waals surface area contributed by atoms with Crippen molar-refractivity contribution >= 4 is 7.87 Å². The summed E-state index contributed by atoms with van der Waals surface area (Å²) in [6.45, 7) is 7.33. The van der Waals surface area contributed by atoms with Crippen LogP contribution in [-0.2, 0) is 4.84 Å². The molecule has 0 fully saturated rings. The molecule has 0 aromatic carbocycles. The van der Waals surface area contributed by atoms with E-state index < -0.39 is 7.87 Å². The fraction of sp³-hybridized carbons (Fsp3) is 0.889. The van der Waals surface area contributed by atoms with Crippen molar-refractivity contribution in [2.75, 3.05) is 6.61 Å². The van der Waals surface area contributed by atoms with Crippen molar-refractivity contribution in [2.45, 2.75) is 45.8 Å². The van der Waals surface area contributed by atoms with Crippen molar-refractivity contribution in [3.63, 3.8) is 0 Å². The SMILES string of the molecule is CC(C)N(OCCC#N)[PH](O)(O)C(C)C. The molecule has 0 aliphatic rings. The number of hydrogen-bond donors (Lipinski definition) is 2. The van der Waals surface area contributed by atoms with Crippen molar-refractivity contribution in [1.29, 1.82) is 5.26 Å². The Morgan fingerprint density at radius 3 is 2.20 bits per heavy atom. The molecule has 6 heteroatoms. The van der Waals surface area contributed by atoms with Crippen molar-refractivity contribution in [2.24, 2.45) is 0 Å². The van der Waals surface area contributed by atoms with E-state index in [9.17, 15) is 9.79 Å². The Bertz CT molecular complexity index is 226. The average molecular weight is 236 g/mol. The number of rotatable bonds is 6. The van der Waals surface area contributed by atoms with Gasteiger partial charge in [-0.15, -0.1) is 0 Å². The summed E-state index contributed by atoms with van der Waals surface area (Å²) in [5.74, 6) is 0. The molecule has 5 nitrogen and oxygen atoms in total. The zero-order chi connectivity index (χ0) is 12.1. The third-order valence-electron chi connectivity index (χ3n) is 2.01. The summed E-state index contributed by atoms with van der Waals surface area (Å²) in [5.41, 5.74) is -0.248. The molecule has 2 N–H and O–H groups in total. The van der Waals surface area contributed by atoms with Gasteiger partial charge in [0, 0.05) is 0 Å². The number of hydroxylamine groups is 1. The van der Waals surface area contributed by atoms with Crippen molar-refractivity contribution in [3.8, 4) is 6.07 Å². The summed E-state index contributed by atoms with van der Waals surface area (Å²) in [4.78, 5) is 26.4. The van der Waals surface area contributed by atoms with Gasteiger partial charge in [0.1, 0.15) is 0 Å². The van der Waals surface area contributed by atoms with Gasteiger partial charge >= 0.3 is 91.1 Å². The predicted octanol–water partition coefficient (Wildman–Crippen LogP) is 1.43. The van der Waals surface area contributed by atoms with E-state index in [1.54, 1.807) is 13.8 Å². The molecule has 0 aromatic rings. The topological polar surface area (TPSA) is 76.7 Å². The first-order valence-electron chi connectivity index (χ1n) is 5.08. The molecule has 0 aromatic heterocycles. The van der Waals surface area contributed by atoms with Gasteiger partial charge in [0.05, 0.1) is 0 Å². The summed E-state index contributed by atoms with van der Waals surface area (Å²) in [7, 11) is -3.52. The molecule has 0 saturated heterocycles. The Hall–Kier alpha value is -0.240. The predicted molar refractivity (Wildman–Crippen MR) is 61.0 cm³/mol. The van der Waals surface area contributed by atoms with Crippen molar-refractivity contribution < 1.29 is 14.6 Å². The fourth-order valence-electron chi connectivity index (χ4n) is 1.07. The fourth-order valence-corrected chi connectivity index (χ4v) is 2.62. The van der Waals surface area contributed by atoms with Crippen LogP contribution in [-0.4, -0.2) is 32.9 Å². The van der Waals surface area contributed by atoms with Gasteiger partial charge in [-0.25, -0.2) is 0 Å². The van der Waals surface area contributed by atoms with E-state index in [2.05, 4.69) is 0 Å². The third-order valence-corrected chi connectivity index (χ3v) is 4.86. The molecule has 90 valence electrons. The molecule has 15 heavy (non-hydrogen) atoms. The van der Waals surface area contributed by atoms with Gasteiger partial charge in [-0.2, -0.15) is 0 Å². The first kappa shape index (κ1) is 14.8. The molecule has 0 heterocycles. The van der Waals surface area contributed by atoms with Crippen LogP contribution >= 0.6 is 7.87 Å². The van der Waals surface area contributed by atoms with Crippen LogP contribution in [0, 0.1) is 11.3 Å². The Kier molecular flexibility index (Phi) is 6.26. The van der Waals surface area contributed by atoms with Gasteiger partial charge in [-0.05, 0) is 0 Å². The number of nitriles is 1. The molecule has 0 radical (unpaired) electrons. The molecule has 0 bridgehead atoms. The van der Waals surface area contributed by atoms with Crippen molar-refractivity contribution in [1.82, 2.24) is 4.83 Å². The Balaban J connectivity index is 4.46. The molecule has 0 aliphatic heterocycles. The standard InChI is InChI=1S/C9H21N2O3P/c1-8(2)11(14-7-5-6-10)15(12,13)9(3)4/h8-9,12-13,15H,5,7H2,1-4H3. The van der Waals surface area contributed by atoms with E-state index in [-0.39, 0.29) is 24.7 Å². The molecular formula is C9H21N2O3P. The Morgan fingerprint density at radius 1 is 1.33 bits per heavy atom. The van der Waals surface area contributed by atoms with Crippen LogP contribution in [0.2, 0.25) is 0 Å². The Labute approximate surface area is 91.8 Å². The summed E-state index contributed by atoms with van der Waals surface area (Å²) < 4.78 is 0. The molecule has 0 spiro atoms. The first-order chi connectivity index (χ1) is 6.84. The van der Waals surface area contributed by atoms with Gasteiger partial charge in [-0.1, -0.05) is 0 Å². The van der Waals surface area contributed by atoms with E-state index in [1.165, 1.54) is 4.83 Å². The van der Waals surface area contributed by atoms with Gasteiger partial charge in [0.15, 0.2) is 0 Å². The first-order valence-corrected chi connectivity index (χ1v) is 6.99. The molecule has 0 atom stereocenters. The maximum absolute atomic E-state index is 9.93. The van der Waals surface area contributed by atoms with Gasteiger partial charge in [-0.3, -0.25) is 0 Å². The Morgan fingerprint density at radius 2 is 1.87 bits per heavy atom. The average Bonchev–Trinajstić information content (AvgIpc) is 2.11. The number of hydrogen-bond acceptors (Lipinski definition) is 5. The van der Waals surface area contributed by atoms with Crippen LogP contribution in [0.4, 0.5) is 0 Å². The van der Waals surface area contributed by atoms with E-state index in [4.69, 9.17) is 10.1 Å². The zero-order valence-corrected chi connectivity index (χ0v) is 10.8. The van der Waals surface area contributed by atoms with Crippen LogP contribution in [0.5, 0.6) is 0 Å². The van der Waals surface area contributed by atoms with Gasteiger partial charge < -0.3 is 0 Å². The molecule has 0 saturated carbocycles. The van der Waals surface area contributed by atoms with Gasteiger partial charge in [0.25, 0.3) is 0 Å². The minimum atomic E-state index is -3.52. The van der Waals surface area contributed by atoms with Crippen LogP contribution in [0.3, 0.4) is 0 Å². The summed E-state index contributed by atoms with van der Waals surface area (Å²) in [5, 5.41) is 8.37. The monoisotopic (exact) mass is 236 g/mol. The van der Waals surface area contributed by atoms with E-state index >= 15 is 0 Å². The second-order valence-corrected chi connectivity index (χ2v) is 6.97. The normalized spacial score (nSPS) is 13.6. The minimum absolute atomic E-state index is 0.118. The molecule has 0 rings (SSSR count). The van der Waals surface area contributed by atoms with Crippen LogP contribution in [0.1, 0.15) is 34.1 Å². The van der Waals surface area contributed by atoms with Crippen LogP contribution in [0.15, 0.2) is 0 Å². The zero-order valence-electron chi connectivity index (χ0n) is 9.77. The second-order valence-electron chi connectivity index (χ2n) is 4.00. The summed E-state index contributed by atoms with van der Waals surface area (Å²) in [6.07, 6.45) is 0.242. The van der Waals surface area contributed by atoms with Crippen molar-refractivity contribution in [3.05, 3.63) is 0 Å². The van der Waals surface area contributed by atoms with E-state index in [0.717, 1.165) is 0 Å².